The first-order chi connectivity index (χ1) is 13.1. The maximum atomic E-state index is 13.2. The molecular weight excluding hydrogens is 376 g/mol. The number of carbonyl (C=O) groups excluding carboxylic acids is 2. The largest absolute Gasteiger partial charge is 0.384 e. The number of hydrogen-bond acceptors (Lipinski definition) is 4. The summed E-state index contributed by atoms with van der Waals surface area (Å²) >= 11 is 0. The van der Waals surface area contributed by atoms with Crippen LogP contribution in [0.1, 0.15) is 42.5 Å². The summed E-state index contributed by atoms with van der Waals surface area (Å²) in [4.78, 5) is 32.1. The predicted octanol–water partition coefficient (Wildman–Crippen LogP) is 3.50. The van der Waals surface area contributed by atoms with Crippen LogP contribution in [0.3, 0.4) is 0 Å². The van der Waals surface area contributed by atoms with Gasteiger partial charge in [0.15, 0.2) is 0 Å². The highest BCUT2D eigenvalue weighted by Gasteiger charge is 2.47. The molecule has 1 aliphatic heterocycles. The van der Waals surface area contributed by atoms with Crippen LogP contribution in [0.5, 0.6) is 0 Å². The number of nitrogen functional groups attached to an aromatic ring is 1. The van der Waals surface area contributed by atoms with E-state index in [1.165, 1.54) is 6.42 Å². The van der Waals surface area contributed by atoms with E-state index in [4.69, 9.17) is 5.73 Å². The summed E-state index contributed by atoms with van der Waals surface area (Å²) in [5.41, 5.74) is 6.84. The zero-order valence-corrected chi connectivity index (χ0v) is 16.4. The number of halogens is 1. The molecule has 6 nitrogen and oxygen atoms in total. The maximum Gasteiger partial charge on any atom is 0.254 e. The van der Waals surface area contributed by atoms with E-state index in [0.717, 1.165) is 25.7 Å². The van der Waals surface area contributed by atoms with E-state index >= 15 is 0 Å². The van der Waals surface area contributed by atoms with Crippen LogP contribution in [0, 0.1) is 5.92 Å². The number of nitrogens with one attached hydrogen (secondary N) is 1. The van der Waals surface area contributed by atoms with Gasteiger partial charge in [0, 0.05) is 11.6 Å². The van der Waals surface area contributed by atoms with Crippen molar-refractivity contribution in [2.45, 2.75) is 44.2 Å². The number of aromatic nitrogens is 1. The van der Waals surface area contributed by atoms with Gasteiger partial charge in [-0.2, -0.15) is 0 Å². The van der Waals surface area contributed by atoms with E-state index in [0.29, 0.717) is 23.0 Å². The fourth-order valence-electron chi connectivity index (χ4n) is 4.42. The van der Waals surface area contributed by atoms with Crippen molar-refractivity contribution >= 4 is 35.7 Å². The summed E-state index contributed by atoms with van der Waals surface area (Å²) < 4.78 is 0. The van der Waals surface area contributed by atoms with E-state index < -0.39 is 6.04 Å². The molecule has 2 heterocycles. The van der Waals surface area contributed by atoms with Crippen molar-refractivity contribution in [1.29, 1.82) is 0 Å². The van der Waals surface area contributed by atoms with E-state index in [9.17, 15) is 9.59 Å². The van der Waals surface area contributed by atoms with Crippen LogP contribution >= 0.6 is 12.4 Å². The molecule has 2 aromatic rings. The van der Waals surface area contributed by atoms with Crippen molar-refractivity contribution in [3.05, 3.63) is 54.2 Å². The fourth-order valence-corrected chi connectivity index (χ4v) is 4.42. The summed E-state index contributed by atoms with van der Waals surface area (Å²) in [5, 5.41) is 2.91. The summed E-state index contributed by atoms with van der Waals surface area (Å²) in [6.07, 6.45) is 6.59. The number of likely N-dealkylation sites (tertiary alicyclic amines) is 1. The van der Waals surface area contributed by atoms with Gasteiger partial charge in [0.1, 0.15) is 11.9 Å². The second-order valence-electron chi connectivity index (χ2n) is 7.40. The third kappa shape index (κ3) is 3.97. The Bertz CT molecular complexity index is 828. The molecule has 0 bridgehead atoms. The SMILES string of the molecule is Cl.Nc1ccc(NC(=O)C2CC3CCCCC3N2C(=O)c2ccccc2)cn1. The molecule has 1 saturated heterocycles. The number of hydrogen-bond donors (Lipinski definition) is 2. The molecule has 3 N–H and O–H groups in total. The third-order valence-corrected chi connectivity index (χ3v) is 5.70. The highest BCUT2D eigenvalue weighted by atomic mass is 35.5. The van der Waals surface area contributed by atoms with Gasteiger partial charge in [-0.1, -0.05) is 31.0 Å². The molecule has 3 atom stereocenters. The van der Waals surface area contributed by atoms with Crippen LogP contribution in [0.15, 0.2) is 48.7 Å². The van der Waals surface area contributed by atoms with Gasteiger partial charge in [-0.15, -0.1) is 12.4 Å². The minimum Gasteiger partial charge on any atom is -0.384 e. The molecule has 2 aliphatic rings. The molecular formula is C21H25ClN4O2. The van der Waals surface area contributed by atoms with Crippen molar-refractivity contribution in [3.8, 4) is 0 Å². The van der Waals surface area contributed by atoms with Crippen molar-refractivity contribution in [2.24, 2.45) is 5.92 Å². The van der Waals surface area contributed by atoms with Crippen LogP contribution in [0.25, 0.3) is 0 Å². The Morgan fingerprint density at radius 3 is 2.54 bits per heavy atom. The van der Waals surface area contributed by atoms with Gasteiger partial charge in [-0.05, 0) is 49.4 Å². The number of rotatable bonds is 3. The maximum absolute atomic E-state index is 13.2. The molecule has 1 aromatic carbocycles. The Kier molecular flexibility index (Phi) is 6.19. The molecule has 3 unspecified atom stereocenters. The van der Waals surface area contributed by atoms with Gasteiger partial charge in [-0.25, -0.2) is 4.98 Å². The molecule has 2 amide bonds. The molecule has 2 fully saturated rings. The van der Waals surface area contributed by atoms with Gasteiger partial charge in [-0.3, -0.25) is 9.59 Å². The van der Waals surface area contributed by atoms with E-state index in [-0.39, 0.29) is 30.3 Å². The summed E-state index contributed by atoms with van der Waals surface area (Å²) in [5.74, 6) is 0.591. The topological polar surface area (TPSA) is 88.3 Å². The van der Waals surface area contributed by atoms with E-state index in [2.05, 4.69) is 10.3 Å². The average Bonchev–Trinajstić information content (AvgIpc) is 3.09. The Hall–Kier alpha value is -2.60. The summed E-state index contributed by atoms with van der Waals surface area (Å²) in [6, 6.07) is 12.3. The van der Waals surface area contributed by atoms with Crippen LogP contribution in [-0.4, -0.2) is 33.8 Å². The van der Waals surface area contributed by atoms with Crippen molar-refractivity contribution in [1.82, 2.24) is 9.88 Å². The molecule has 1 saturated carbocycles. The zero-order valence-electron chi connectivity index (χ0n) is 15.6. The summed E-state index contributed by atoms with van der Waals surface area (Å²) in [6.45, 7) is 0. The van der Waals surface area contributed by atoms with Crippen molar-refractivity contribution < 1.29 is 9.59 Å². The molecule has 4 rings (SSSR count). The molecule has 1 aliphatic carbocycles. The zero-order chi connectivity index (χ0) is 18.8. The number of nitrogens with two attached hydrogens (primary N) is 1. The van der Waals surface area contributed by atoms with E-state index in [1.807, 2.05) is 35.2 Å². The van der Waals surface area contributed by atoms with Crippen molar-refractivity contribution in [2.75, 3.05) is 11.1 Å². The normalized spacial score (nSPS) is 23.4. The first kappa shape index (κ1) is 20.1. The second-order valence-corrected chi connectivity index (χ2v) is 7.40. The number of pyridine rings is 1. The van der Waals surface area contributed by atoms with Crippen LogP contribution in [-0.2, 0) is 4.79 Å². The number of carbonyl (C=O) groups is 2. The van der Waals surface area contributed by atoms with Gasteiger partial charge >= 0.3 is 0 Å². The number of amides is 2. The standard InChI is InChI=1S/C21H24N4O2.ClH/c22-19-11-10-16(13-23-19)24-20(26)18-12-15-8-4-5-9-17(15)25(18)21(27)14-6-2-1-3-7-14;/h1-3,6-7,10-11,13,15,17-18H,4-5,8-9,12H2,(H2,22,23)(H,24,26);1H. The molecule has 0 radical (unpaired) electrons. The van der Waals surface area contributed by atoms with Gasteiger partial charge in [0.25, 0.3) is 5.91 Å². The Labute approximate surface area is 170 Å². The minimum absolute atomic E-state index is 0. The van der Waals surface area contributed by atoms with Crippen LogP contribution < -0.4 is 11.1 Å². The smallest absolute Gasteiger partial charge is 0.254 e. The quantitative estimate of drug-likeness (QED) is 0.825. The highest BCUT2D eigenvalue weighted by Crippen LogP contribution is 2.40. The lowest BCUT2D eigenvalue weighted by Gasteiger charge is -2.33. The first-order valence-electron chi connectivity index (χ1n) is 9.53. The highest BCUT2D eigenvalue weighted by molar-refractivity contribution is 6.01. The molecule has 28 heavy (non-hydrogen) atoms. The summed E-state index contributed by atoms with van der Waals surface area (Å²) in [7, 11) is 0. The fraction of sp³-hybridized carbons (Fsp3) is 0.381. The van der Waals surface area contributed by atoms with Gasteiger partial charge < -0.3 is 16.0 Å². The van der Waals surface area contributed by atoms with E-state index in [1.54, 1.807) is 18.3 Å². The first-order valence-corrected chi connectivity index (χ1v) is 9.53. The lowest BCUT2D eigenvalue weighted by atomic mass is 9.84. The Morgan fingerprint density at radius 2 is 1.82 bits per heavy atom. The minimum atomic E-state index is -0.455. The second kappa shape index (κ2) is 8.61. The monoisotopic (exact) mass is 400 g/mol. The Morgan fingerprint density at radius 1 is 1.07 bits per heavy atom. The Balaban J connectivity index is 0.00000225. The number of benzene rings is 1. The number of nitrogens with zero attached hydrogens (tertiary/aromatic N) is 2. The van der Waals surface area contributed by atoms with Crippen molar-refractivity contribution in [3.63, 3.8) is 0 Å². The van der Waals surface area contributed by atoms with Gasteiger partial charge in [0.05, 0.1) is 11.9 Å². The number of fused-ring (bicyclic) bond motifs is 1. The average molecular weight is 401 g/mol. The third-order valence-electron chi connectivity index (χ3n) is 5.70. The molecule has 0 spiro atoms. The van der Waals surface area contributed by atoms with Gasteiger partial charge in [0.2, 0.25) is 5.91 Å². The predicted molar refractivity (Wildman–Crippen MR) is 111 cm³/mol. The van der Waals surface area contributed by atoms with Crippen LogP contribution in [0.4, 0.5) is 11.5 Å². The molecule has 148 valence electrons. The van der Waals surface area contributed by atoms with Crippen LogP contribution in [0.2, 0.25) is 0 Å². The number of anilines is 2. The lowest BCUT2D eigenvalue weighted by molar-refractivity contribution is -0.120. The molecule has 7 heteroatoms. The lowest BCUT2D eigenvalue weighted by Crippen LogP contribution is -2.47. The molecule has 1 aromatic heterocycles.